The monoisotopic (exact) mass is 302 g/mol. The van der Waals surface area contributed by atoms with E-state index in [0.29, 0.717) is 26.3 Å². The molecule has 0 unspecified atom stereocenters. The summed E-state index contributed by atoms with van der Waals surface area (Å²) >= 11 is 17.5. The Morgan fingerprint density at radius 2 is 1.94 bits per heavy atom. The number of aromatic nitrogens is 2. The van der Waals surface area contributed by atoms with Gasteiger partial charge in [0.15, 0.2) is 5.78 Å². The van der Waals surface area contributed by atoms with Crippen LogP contribution >= 0.6 is 34.8 Å². The maximum atomic E-state index is 12.0. The quantitative estimate of drug-likeness (QED) is 0.802. The molecule has 0 saturated carbocycles. The van der Waals surface area contributed by atoms with Crippen LogP contribution < -0.4 is 0 Å². The second kappa shape index (κ2) is 5.31. The van der Waals surface area contributed by atoms with Gasteiger partial charge in [0.05, 0.1) is 20.8 Å². The molecule has 6 heteroatoms. The minimum atomic E-state index is -0.104. The summed E-state index contributed by atoms with van der Waals surface area (Å²) in [5.74, 6) is -0.104. The molecule has 3 nitrogen and oxygen atoms in total. The maximum absolute atomic E-state index is 12.0. The number of halogens is 3. The highest BCUT2D eigenvalue weighted by Gasteiger charge is 2.11. The molecule has 0 aliphatic carbocycles. The molecule has 0 aliphatic heterocycles. The number of carbonyl (C=O) groups excluding carboxylic acids is 1. The summed E-state index contributed by atoms with van der Waals surface area (Å²) in [7, 11) is 0. The molecule has 0 bridgehead atoms. The number of benzene rings is 1. The Bertz CT molecular complexity index is 588. The molecule has 1 aromatic heterocycles. The van der Waals surface area contributed by atoms with Crippen molar-refractivity contribution in [1.82, 2.24) is 9.78 Å². The van der Waals surface area contributed by atoms with Crippen molar-refractivity contribution in [3.8, 4) is 0 Å². The number of Topliss-reactive ketones (excluding diaryl/α,β-unsaturated/α-hetero) is 1. The van der Waals surface area contributed by atoms with Crippen molar-refractivity contribution in [3.05, 3.63) is 50.7 Å². The van der Waals surface area contributed by atoms with Gasteiger partial charge in [0.2, 0.25) is 0 Å². The predicted molar refractivity (Wildman–Crippen MR) is 72.8 cm³/mol. The van der Waals surface area contributed by atoms with Crippen LogP contribution in [0.2, 0.25) is 15.1 Å². The summed E-state index contributed by atoms with van der Waals surface area (Å²) in [5, 5.41) is 5.44. The average molecular weight is 304 g/mol. The molecule has 0 amide bonds. The smallest absolute Gasteiger partial charge is 0.184 e. The first-order valence-corrected chi connectivity index (χ1v) is 6.28. The van der Waals surface area contributed by atoms with Crippen molar-refractivity contribution in [2.75, 3.05) is 0 Å². The summed E-state index contributed by atoms with van der Waals surface area (Å²) in [5.41, 5.74) is 1.19. The van der Waals surface area contributed by atoms with Gasteiger partial charge in [-0.2, -0.15) is 5.10 Å². The first kappa shape index (κ1) is 13.4. The second-order valence-electron chi connectivity index (χ2n) is 3.81. The zero-order chi connectivity index (χ0) is 13.3. The SMILES string of the molecule is Cc1nn(CC(=O)c2ccc(Cl)c(Cl)c2)cc1Cl. The summed E-state index contributed by atoms with van der Waals surface area (Å²) in [6.07, 6.45) is 1.62. The molecule has 0 spiro atoms. The molecule has 0 atom stereocenters. The van der Waals surface area contributed by atoms with E-state index >= 15 is 0 Å². The topological polar surface area (TPSA) is 34.9 Å². The molecule has 0 N–H and O–H groups in total. The summed E-state index contributed by atoms with van der Waals surface area (Å²) in [6, 6.07) is 4.77. The Morgan fingerprint density at radius 3 is 2.50 bits per heavy atom. The number of hydrogen-bond acceptors (Lipinski definition) is 2. The van der Waals surface area contributed by atoms with Crippen molar-refractivity contribution in [2.45, 2.75) is 13.5 Å². The fourth-order valence-corrected chi connectivity index (χ4v) is 1.93. The zero-order valence-corrected chi connectivity index (χ0v) is 11.7. The van der Waals surface area contributed by atoms with Crippen molar-refractivity contribution >= 4 is 40.6 Å². The first-order chi connectivity index (χ1) is 8.47. The minimum Gasteiger partial charge on any atom is -0.292 e. The average Bonchev–Trinajstić information content (AvgIpc) is 2.61. The maximum Gasteiger partial charge on any atom is 0.184 e. The van der Waals surface area contributed by atoms with E-state index in [4.69, 9.17) is 34.8 Å². The number of aryl methyl sites for hydroxylation is 1. The predicted octanol–water partition coefficient (Wildman–Crippen LogP) is 4.03. The Hall–Kier alpha value is -1.03. The van der Waals surface area contributed by atoms with E-state index in [1.807, 2.05) is 0 Å². The standard InChI is InChI=1S/C12H9Cl3N2O/c1-7-11(15)5-17(16-7)6-12(18)8-2-3-9(13)10(14)4-8/h2-5H,6H2,1H3. The lowest BCUT2D eigenvalue weighted by molar-refractivity contribution is 0.0967. The van der Waals surface area contributed by atoms with E-state index in [2.05, 4.69) is 5.10 Å². The summed E-state index contributed by atoms with van der Waals surface area (Å²) in [6.45, 7) is 1.90. The van der Waals surface area contributed by atoms with Gasteiger partial charge in [-0.25, -0.2) is 0 Å². The van der Waals surface area contributed by atoms with Gasteiger partial charge < -0.3 is 0 Å². The molecule has 18 heavy (non-hydrogen) atoms. The molecule has 0 saturated heterocycles. The highest BCUT2D eigenvalue weighted by atomic mass is 35.5. The molecule has 1 aromatic carbocycles. The third-order valence-corrected chi connectivity index (χ3v) is 3.54. The normalized spacial score (nSPS) is 10.7. The highest BCUT2D eigenvalue weighted by Crippen LogP contribution is 2.23. The molecular formula is C12H9Cl3N2O. The lowest BCUT2D eigenvalue weighted by atomic mass is 10.1. The van der Waals surface area contributed by atoms with E-state index in [0.717, 1.165) is 0 Å². The lowest BCUT2D eigenvalue weighted by Crippen LogP contribution is -2.11. The van der Waals surface area contributed by atoms with Crippen LogP contribution in [-0.2, 0) is 6.54 Å². The van der Waals surface area contributed by atoms with Gasteiger partial charge in [-0.1, -0.05) is 34.8 Å². The van der Waals surface area contributed by atoms with Crippen LogP contribution in [-0.4, -0.2) is 15.6 Å². The third kappa shape index (κ3) is 2.86. The van der Waals surface area contributed by atoms with Crippen molar-refractivity contribution < 1.29 is 4.79 Å². The molecule has 0 aliphatic rings. The zero-order valence-electron chi connectivity index (χ0n) is 9.45. The highest BCUT2D eigenvalue weighted by molar-refractivity contribution is 6.42. The molecule has 94 valence electrons. The van der Waals surface area contributed by atoms with Gasteiger partial charge in [-0.05, 0) is 25.1 Å². The first-order valence-electron chi connectivity index (χ1n) is 5.15. The third-order valence-electron chi connectivity index (χ3n) is 2.43. The summed E-state index contributed by atoms with van der Waals surface area (Å²) in [4.78, 5) is 12.0. The molecule has 0 fully saturated rings. The minimum absolute atomic E-state index is 0.104. The van der Waals surface area contributed by atoms with E-state index in [1.54, 1.807) is 31.3 Å². The van der Waals surface area contributed by atoms with E-state index in [-0.39, 0.29) is 12.3 Å². The van der Waals surface area contributed by atoms with Gasteiger partial charge in [0.1, 0.15) is 6.54 Å². The van der Waals surface area contributed by atoms with E-state index in [1.165, 1.54) is 4.68 Å². The van der Waals surface area contributed by atoms with E-state index in [9.17, 15) is 4.79 Å². The molecule has 2 rings (SSSR count). The molecular weight excluding hydrogens is 295 g/mol. The number of hydrogen-bond donors (Lipinski definition) is 0. The largest absolute Gasteiger partial charge is 0.292 e. The Kier molecular flexibility index (Phi) is 3.95. The molecule has 2 aromatic rings. The van der Waals surface area contributed by atoms with E-state index < -0.39 is 0 Å². The van der Waals surface area contributed by atoms with Crippen LogP contribution in [0.4, 0.5) is 0 Å². The number of rotatable bonds is 3. The molecule has 1 heterocycles. The fourth-order valence-electron chi connectivity index (χ4n) is 1.48. The van der Waals surface area contributed by atoms with Gasteiger partial charge in [0.25, 0.3) is 0 Å². The van der Waals surface area contributed by atoms with Crippen LogP contribution in [0.15, 0.2) is 24.4 Å². The van der Waals surface area contributed by atoms with Gasteiger partial charge in [-0.3, -0.25) is 9.48 Å². The van der Waals surface area contributed by atoms with Crippen molar-refractivity contribution in [3.63, 3.8) is 0 Å². The number of carbonyl (C=O) groups is 1. The Labute approximate surface area is 119 Å². The fraction of sp³-hybridized carbons (Fsp3) is 0.167. The van der Waals surface area contributed by atoms with Crippen LogP contribution in [0.25, 0.3) is 0 Å². The number of nitrogens with zero attached hydrogens (tertiary/aromatic N) is 2. The molecule has 0 radical (unpaired) electrons. The van der Waals surface area contributed by atoms with Crippen LogP contribution in [0, 0.1) is 6.92 Å². The van der Waals surface area contributed by atoms with Gasteiger partial charge in [-0.15, -0.1) is 0 Å². The van der Waals surface area contributed by atoms with Crippen LogP contribution in [0.3, 0.4) is 0 Å². The van der Waals surface area contributed by atoms with Crippen LogP contribution in [0.1, 0.15) is 16.1 Å². The van der Waals surface area contributed by atoms with Crippen molar-refractivity contribution in [1.29, 1.82) is 0 Å². The van der Waals surface area contributed by atoms with Crippen LogP contribution in [0.5, 0.6) is 0 Å². The van der Waals surface area contributed by atoms with Gasteiger partial charge in [0, 0.05) is 11.8 Å². The lowest BCUT2D eigenvalue weighted by Gasteiger charge is -2.03. The second-order valence-corrected chi connectivity index (χ2v) is 5.03. The summed E-state index contributed by atoms with van der Waals surface area (Å²) < 4.78 is 1.50. The van der Waals surface area contributed by atoms with Crippen molar-refractivity contribution in [2.24, 2.45) is 0 Å². The Morgan fingerprint density at radius 1 is 1.22 bits per heavy atom. The number of ketones is 1. The Balaban J connectivity index is 2.19. The van der Waals surface area contributed by atoms with Gasteiger partial charge >= 0.3 is 0 Å².